The number of rotatable bonds is 7. The van der Waals surface area contributed by atoms with Gasteiger partial charge in [0.25, 0.3) is 5.91 Å². The molecule has 1 atom stereocenters. The van der Waals surface area contributed by atoms with Crippen molar-refractivity contribution in [1.82, 2.24) is 15.1 Å². The van der Waals surface area contributed by atoms with Gasteiger partial charge in [0.2, 0.25) is 0 Å². The van der Waals surface area contributed by atoms with Crippen LogP contribution in [-0.2, 0) is 18.3 Å². The Morgan fingerprint density at radius 3 is 2.86 bits per heavy atom. The highest BCUT2D eigenvalue weighted by Gasteiger charge is 2.23. The van der Waals surface area contributed by atoms with Gasteiger partial charge in [0.05, 0.1) is 24.4 Å². The van der Waals surface area contributed by atoms with E-state index in [4.69, 9.17) is 9.52 Å². The van der Waals surface area contributed by atoms with Crippen LogP contribution in [0.1, 0.15) is 47.7 Å². The maximum absolute atomic E-state index is 12.4. The predicted molar refractivity (Wildman–Crippen MR) is 78.4 cm³/mol. The maximum Gasteiger partial charge on any atom is 0.305 e. The number of aliphatic carboxylic acids is 1. The molecule has 0 unspecified atom stereocenters. The Kier molecular flexibility index (Phi) is 4.98. The van der Waals surface area contributed by atoms with Crippen LogP contribution < -0.4 is 5.32 Å². The number of hydrogen-bond acceptors (Lipinski definition) is 4. The van der Waals surface area contributed by atoms with E-state index in [1.165, 1.54) is 10.9 Å². The van der Waals surface area contributed by atoms with Crippen molar-refractivity contribution in [3.8, 4) is 0 Å². The molecule has 7 nitrogen and oxygen atoms in total. The Balaban J connectivity index is 2.15. The van der Waals surface area contributed by atoms with Crippen LogP contribution in [0.4, 0.5) is 0 Å². The summed E-state index contributed by atoms with van der Waals surface area (Å²) in [6, 6.07) is 4.29. The van der Waals surface area contributed by atoms with E-state index in [2.05, 4.69) is 10.4 Å². The lowest BCUT2D eigenvalue weighted by atomic mass is 10.1. The minimum Gasteiger partial charge on any atom is -0.481 e. The van der Waals surface area contributed by atoms with Crippen LogP contribution in [-0.4, -0.2) is 26.8 Å². The number of carbonyl (C=O) groups excluding carboxylic acids is 1. The van der Waals surface area contributed by atoms with Gasteiger partial charge in [-0.25, -0.2) is 0 Å². The van der Waals surface area contributed by atoms with E-state index in [1.54, 1.807) is 25.2 Å². The first-order valence-electron chi connectivity index (χ1n) is 7.10. The number of amides is 1. The highest BCUT2D eigenvalue weighted by molar-refractivity contribution is 5.93. The molecule has 0 aromatic carbocycles. The number of carboxylic acids is 1. The van der Waals surface area contributed by atoms with Gasteiger partial charge < -0.3 is 14.8 Å². The summed E-state index contributed by atoms with van der Waals surface area (Å²) in [6.07, 6.45) is 2.92. The molecule has 1 amide bonds. The third kappa shape index (κ3) is 3.75. The fraction of sp³-hybridized carbons (Fsp3) is 0.400. The van der Waals surface area contributed by atoms with Crippen molar-refractivity contribution >= 4 is 11.9 Å². The van der Waals surface area contributed by atoms with Crippen molar-refractivity contribution < 1.29 is 19.1 Å². The number of hydrogen-bond donors (Lipinski definition) is 2. The lowest BCUT2D eigenvalue weighted by molar-refractivity contribution is -0.137. The molecular formula is C15H19N3O4. The second kappa shape index (κ2) is 6.93. The summed E-state index contributed by atoms with van der Waals surface area (Å²) >= 11 is 0. The molecule has 2 aromatic rings. The summed E-state index contributed by atoms with van der Waals surface area (Å²) in [5, 5.41) is 15.9. The topological polar surface area (TPSA) is 97.4 Å². The zero-order valence-electron chi connectivity index (χ0n) is 12.6. The first-order chi connectivity index (χ1) is 10.5. The molecule has 0 bridgehead atoms. The van der Waals surface area contributed by atoms with Gasteiger partial charge >= 0.3 is 5.97 Å². The molecule has 118 valence electrons. The van der Waals surface area contributed by atoms with Crippen molar-refractivity contribution in [2.45, 2.75) is 32.2 Å². The lowest BCUT2D eigenvalue weighted by Crippen LogP contribution is -2.31. The normalized spacial score (nSPS) is 12.1. The van der Waals surface area contributed by atoms with Crippen molar-refractivity contribution in [2.24, 2.45) is 7.05 Å². The molecule has 2 N–H and O–H groups in total. The third-order valence-corrected chi connectivity index (χ3v) is 3.24. The summed E-state index contributed by atoms with van der Waals surface area (Å²) in [4.78, 5) is 23.3. The third-order valence-electron chi connectivity index (χ3n) is 3.24. The molecule has 0 aliphatic heterocycles. The van der Waals surface area contributed by atoms with Gasteiger partial charge in [0.15, 0.2) is 0 Å². The van der Waals surface area contributed by atoms with Crippen LogP contribution in [0.25, 0.3) is 0 Å². The number of nitrogens with one attached hydrogen (secondary N) is 1. The monoisotopic (exact) mass is 305 g/mol. The van der Waals surface area contributed by atoms with Crippen molar-refractivity contribution in [1.29, 1.82) is 0 Å². The number of carbonyl (C=O) groups is 2. The predicted octanol–water partition coefficient (Wildman–Crippen LogP) is 1.91. The van der Waals surface area contributed by atoms with Gasteiger partial charge in [0.1, 0.15) is 11.5 Å². The molecule has 0 saturated heterocycles. The average molecular weight is 305 g/mol. The van der Waals surface area contributed by atoms with Crippen molar-refractivity contribution in [2.75, 3.05) is 0 Å². The minimum absolute atomic E-state index is 0.251. The zero-order chi connectivity index (χ0) is 16.1. The first-order valence-corrected chi connectivity index (χ1v) is 7.10. The summed E-state index contributed by atoms with van der Waals surface area (Å²) in [6.45, 7) is 2.04. The lowest BCUT2D eigenvalue weighted by Gasteiger charge is -2.14. The van der Waals surface area contributed by atoms with Crippen LogP contribution in [0, 0.1) is 0 Å². The van der Waals surface area contributed by atoms with Crippen LogP contribution in [0.15, 0.2) is 28.9 Å². The number of aromatic nitrogens is 2. The smallest absolute Gasteiger partial charge is 0.305 e. The molecule has 0 spiro atoms. The van der Waals surface area contributed by atoms with Crippen LogP contribution in [0.5, 0.6) is 0 Å². The largest absolute Gasteiger partial charge is 0.481 e. The molecule has 0 saturated carbocycles. The van der Waals surface area contributed by atoms with Gasteiger partial charge in [-0.1, -0.05) is 13.3 Å². The Morgan fingerprint density at radius 2 is 2.27 bits per heavy atom. The van der Waals surface area contributed by atoms with E-state index in [0.717, 1.165) is 18.5 Å². The zero-order valence-corrected chi connectivity index (χ0v) is 12.6. The number of carboxylic acid groups (broad SMARTS) is 1. The van der Waals surface area contributed by atoms with E-state index in [0.29, 0.717) is 11.5 Å². The molecule has 2 rings (SSSR count). The summed E-state index contributed by atoms with van der Waals surface area (Å²) in [5.41, 5.74) is 1.23. The summed E-state index contributed by atoms with van der Waals surface area (Å²) < 4.78 is 6.71. The molecule has 0 aliphatic rings. The van der Waals surface area contributed by atoms with Crippen molar-refractivity contribution in [3.63, 3.8) is 0 Å². The molecule has 22 heavy (non-hydrogen) atoms. The molecular weight excluding hydrogens is 286 g/mol. The fourth-order valence-electron chi connectivity index (χ4n) is 2.24. The second-order valence-corrected chi connectivity index (χ2v) is 5.03. The summed E-state index contributed by atoms with van der Waals surface area (Å²) in [5.74, 6) is -0.981. The van der Waals surface area contributed by atoms with E-state index in [9.17, 15) is 9.59 Å². The van der Waals surface area contributed by atoms with Gasteiger partial charge in [-0.15, -0.1) is 0 Å². The summed E-state index contributed by atoms with van der Waals surface area (Å²) in [7, 11) is 1.69. The highest BCUT2D eigenvalue weighted by Crippen LogP contribution is 2.18. The molecule has 0 fully saturated rings. The quantitative estimate of drug-likeness (QED) is 0.814. The number of aryl methyl sites for hydroxylation is 2. The highest BCUT2D eigenvalue weighted by atomic mass is 16.4. The molecule has 0 aliphatic carbocycles. The van der Waals surface area contributed by atoms with Crippen molar-refractivity contribution in [3.05, 3.63) is 41.6 Å². The Labute approximate surface area is 127 Å². The Bertz CT molecular complexity index is 646. The maximum atomic E-state index is 12.4. The molecule has 7 heteroatoms. The Hall–Kier alpha value is -2.57. The van der Waals surface area contributed by atoms with Crippen LogP contribution >= 0.6 is 0 Å². The van der Waals surface area contributed by atoms with Gasteiger partial charge in [-0.3, -0.25) is 14.3 Å². The van der Waals surface area contributed by atoms with Gasteiger partial charge in [-0.05, 0) is 24.6 Å². The fourth-order valence-corrected chi connectivity index (χ4v) is 2.24. The van der Waals surface area contributed by atoms with E-state index < -0.39 is 12.0 Å². The van der Waals surface area contributed by atoms with E-state index in [-0.39, 0.29) is 12.3 Å². The van der Waals surface area contributed by atoms with E-state index >= 15 is 0 Å². The van der Waals surface area contributed by atoms with Gasteiger partial charge in [-0.2, -0.15) is 5.10 Å². The van der Waals surface area contributed by atoms with Crippen LogP contribution in [0.2, 0.25) is 0 Å². The molecule has 2 heterocycles. The number of nitrogens with zero attached hydrogens (tertiary/aromatic N) is 2. The van der Waals surface area contributed by atoms with Crippen LogP contribution in [0.3, 0.4) is 0 Å². The van der Waals surface area contributed by atoms with E-state index in [1.807, 2.05) is 6.92 Å². The average Bonchev–Trinajstić information content (AvgIpc) is 3.07. The second-order valence-electron chi connectivity index (χ2n) is 5.03. The standard InChI is InChI=1S/C15H19N3O4/c1-3-5-10-8-12(18(2)17-10)15(21)16-11(9-14(19)20)13-6-4-7-22-13/h4,6-8,11H,3,5,9H2,1-2H3,(H,16,21)(H,19,20)/t11-/m1/s1. The molecule has 2 aromatic heterocycles. The molecule has 0 radical (unpaired) electrons. The number of furan rings is 1. The van der Waals surface area contributed by atoms with Gasteiger partial charge in [0, 0.05) is 7.05 Å². The minimum atomic E-state index is -1.02. The SMILES string of the molecule is CCCc1cc(C(=O)N[C@H](CC(=O)O)c2ccco2)n(C)n1. The Morgan fingerprint density at radius 1 is 1.50 bits per heavy atom. The first kappa shape index (κ1) is 15.8.